The first-order valence-corrected chi connectivity index (χ1v) is 10.2. The lowest BCUT2D eigenvalue weighted by molar-refractivity contribution is -0.117. The zero-order valence-corrected chi connectivity index (χ0v) is 18.4. The molecule has 1 heterocycles. The monoisotopic (exact) mass is 441 g/mol. The first-order valence-electron chi connectivity index (χ1n) is 10.2. The molecule has 0 saturated carbocycles. The van der Waals surface area contributed by atoms with Crippen LogP contribution in [0.3, 0.4) is 0 Å². The fourth-order valence-corrected chi connectivity index (χ4v) is 3.55. The number of amides is 1. The van der Waals surface area contributed by atoms with Gasteiger partial charge in [-0.3, -0.25) is 9.69 Å². The topological polar surface area (TPSA) is 97.4 Å². The number of carbonyl (C=O) groups excluding carboxylic acids is 3. The predicted octanol–water partition coefficient (Wildman–Crippen LogP) is 2.03. The van der Waals surface area contributed by atoms with Gasteiger partial charge < -0.3 is 24.4 Å². The van der Waals surface area contributed by atoms with Gasteiger partial charge >= 0.3 is 11.9 Å². The minimum absolute atomic E-state index is 0.151. The first kappa shape index (κ1) is 23.1. The number of hydrogen-bond acceptors (Lipinski definition) is 8. The molecule has 0 spiro atoms. The van der Waals surface area contributed by atoms with Gasteiger partial charge in [-0.15, -0.1) is 0 Å². The van der Waals surface area contributed by atoms with E-state index in [1.807, 2.05) is 24.3 Å². The highest BCUT2D eigenvalue weighted by Crippen LogP contribution is 2.22. The van der Waals surface area contributed by atoms with Crippen LogP contribution in [0, 0.1) is 0 Å². The summed E-state index contributed by atoms with van der Waals surface area (Å²) in [6.07, 6.45) is 0. The summed E-state index contributed by atoms with van der Waals surface area (Å²) in [7, 11) is 4.14. The third-order valence-corrected chi connectivity index (χ3v) is 5.22. The van der Waals surface area contributed by atoms with Crippen molar-refractivity contribution in [2.45, 2.75) is 0 Å². The van der Waals surface area contributed by atoms with Crippen molar-refractivity contribution in [3.63, 3.8) is 0 Å². The van der Waals surface area contributed by atoms with Crippen LogP contribution in [0.25, 0.3) is 0 Å². The van der Waals surface area contributed by atoms with Crippen LogP contribution in [0.4, 0.5) is 11.4 Å². The number of piperazine rings is 1. The standard InChI is InChI=1S/C23H27N3O6/c1-30-20-6-4-5-19(14-20)26-9-7-25(8-10-26)15-21(27)24-18-12-16(22(28)31-2)11-17(13-18)23(29)32-3/h4-6,11-14H,7-10,15H2,1-3H3,(H,24,27). The van der Waals surface area contributed by atoms with Gasteiger partial charge in [0.15, 0.2) is 0 Å². The van der Waals surface area contributed by atoms with E-state index < -0.39 is 11.9 Å². The number of benzene rings is 2. The highest BCUT2D eigenvalue weighted by molar-refractivity contribution is 5.99. The normalized spacial score (nSPS) is 13.9. The SMILES string of the molecule is COC(=O)c1cc(NC(=O)CN2CCN(c3cccc(OC)c3)CC2)cc(C(=O)OC)c1. The average Bonchev–Trinajstić information content (AvgIpc) is 2.83. The summed E-state index contributed by atoms with van der Waals surface area (Å²) in [5.41, 5.74) is 1.71. The Labute approximate surface area is 186 Å². The Morgan fingerprint density at radius 1 is 0.875 bits per heavy atom. The smallest absolute Gasteiger partial charge is 0.337 e. The van der Waals surface area contributed by atoms with E-state index in [1.165, 1.54) is 32.4 Å². The quantitative estimate of drug-likeness (QED) is 0.652. The van der Waals surface area contributed by atoms with Crippen molar-refractivity contribution in [2.24, 2.45) is 0 Å². The van der Waals surface area contributed by atoms with Crippen LogP contribution in [0.1, 0.15) is 20.7 Å². The van der Waals surface area contributed by atoms with Crippen LogP contribution in [0.2, 0.25) is 0 Å². The van der Waals surface area contributed by atoms with E-state index in [2.05, 4.69) is 15.1 Å². The van der Waals surface area contributed by atoms with Crippen LogP contribution in [0.5, 0.6) is 5.75 Å². The Balaban J connectivity index is 1.60. The Hall–Kier alpha value is -3.59. The molecule has 0 aromatic heterocycles. The lowest BCUT2D eigenvalue weighted by Crippen LogP contribution is -2.48. The molecule has 2 aromatic rings. The maximum Gasteiger partial charge on any atom is 0.337 e. The van der Waals surface area contributed by atoms with Crippen molar-refractivity contribution < 1.29 is 28.6 Å². The largest absolute Gasteiger partial charge is 0.497 e. The number of esters is 2. The average molecular weight is 441 g/mol. The molecule has 3 rings (SSSR count). The number of carbonyl (C=O) groups is 3. The molecule has 1 saturated heterocycles. The van der Waals surface area contributed by atoms with Crippen molar-refractivity contribution in [2.75, 3.05) is 64.3 Å². The maximum atomic E-state index is 12.6. The minimum Gasteiger partial charge on any atom is -0.497 e. The predicted molar refractivity (Wildman–Crippen MR) is 119 cm³/mol. The summed E-state index contributed by atoms with van der Waals surface area (Å²) in [6, 6.07) is 12.2. The van der Waals surface area contributed by atoms with Gasteiger partial charge in [0.1, 0.15) is 5.75 Å². The van der Waals surface area contributed by atoms with E-state index in [0.717, 1.165) is 37.6 Å². The summed E-state index contributed by atoms with van der Waals surface area (Å²) >= 11 is 0. The summed E-state index contributed by atoms with van der Waals surface area (Å²) in [5.74, 6) is -0.651. The van der Waals surface area contributed by atoms with E-state index in [4.69, 9.17) is 14.2 Å². The number of methoxy groups -OCH3 is 3. The molecule has 9 heteroatoms. The second-order valence-electron chi connectivity index (χ2n) is 7.30. The molecular formula is C23H27N3O6. The number of rotatable bonds is 7. The zero-order valence-electron chi connectivity index (χ0n) is 18.4. The maximum absolute atomic E-state index is 12.6. The molecule has 1 fully saturated rings. The van der Waals surface area contributed by atoms with Crippen LogP contribution in [-0.2, 0) is 14.3 Å². The van der Waals surface area contributed by atoms with Crippen LogP contribution < -0.4 is 15.0 Å². The van der Waals surface area contributed by atoms with Crippen molar-refractivity contribution in [1.29, 1.82) is 0 Å². The van der Waals surface area contributed by atoms with Gasteiger partial charge in [-0.1, -0.05) is 6.07 Å². The number of ether oxygens (including phenoxy) is 3. The van der Waals surface area contributed by atoms with E-state index >= 15 is 0 Å². The van der Waals surface area contributed by atoms with Crippen LogP contribution >= 0.6 is 0 Å². The van der Waals surface area contributed by atoms with Gasteiger partial charge in [-0.05, 0) is 30.3 Å². The molecule has 32 heavy (non-hydrogen) atoms. The number of anilines is 2. The Bertz CT molecular complexity index is 951. The number of nitrogens with zero attached hydrogens (tertiary/aromatic N) is 2. The highest BCUT2D eigenvalue weighted by Gasteiger charge is 2.20. The molecule has 2 aromatic carbocycles. The summed E-state index contributed by atoms with van der Waals surface area (Å²) in [5, 5.41) is 2.76. The number of nitrogens with one attached hydrogen (secondary N) is 1. The van der Waals surface area contributed by atoms with E-state index in [9.17, 15) is 14.4 Å². The molecule has 0 bridgehead atoms. The minimum atomic E-state index is -0.611. The fraction of sp³-hybridized carbons (Fsp3) is 0.348. The summed E-state index contributed by atoms with van der Waals surface area (Å²) < 4.78 is 14.7. The molecular weight excluding hydrogens is 414 g/mol. The lowest BCUT2D eigenvalue weighted by atomic mass is 10.1. The van der Waals surface area contributed by atoms with Crippen molar-refractivity contribution in [3.8, 4) is 5.75 Å². The molecule has 1 aliphatic rings. The number of hydrogen-bond donors (Lipinski definition) is 1. The lowest BCUT2D eigenvalue weighted by Gasteiger charge is -2.35. The first-order chi connectivity index (χ1) is 15.4. The Morgan fingerprint density at radius 3 is 2.06 bits per heavy atom. The van der Waals surface area contributed by atoms with Crippen molar-refractivity contribution >= 4 is 29.2 Å². The van der Waals surface area contributed by atoms with Crippen LogP contribution in [0.15, 0.2) is 42.5 Å². The second kappa shape index (κ2) is 10.6. The van der Waals surface area contributed by atoms with E-state index in [1.54, 1.807) is 7.11 Å². The van der Waals surface area contributed by atoms with E-state index in [0.29, 0.717) is 5.69 Å². The highest BCUT2D eigenvalue weighted by atomic mass is 16.5. The van der Waals surface area contributed by atoms with Crippen molar-refractivity contribution in [3.05, 3.63) is 53.6 Å². The molecule has 0 unspecified atom stereocenters. The zero-order chi connectivity index (χ0) is 23.1. The Morgan fingerprint density at radius 2 is 1.50 bits per heavy atom. The Kier molecular flexibility index (Phi) is 7.67. The molecule has 170 valence electrons. The second-order valence-corrected chi connectivity index (χ2v) is 7.30. The molecule has 0 radical (unpaired) electrons. The molecule has 1 aliphatic heterocycles. The third kappa shape index (κ3) is 5.76. The van der Waals surface area contributed by atoms with Gasteiger partial charge in [-0.25, -0.2) is 9.59 Å². The van der Waals surface area contributed by atoms with Crippen LogP contribution in [-0.4, -0.2) is 76.8 Å². The van der Waals surface area contributed by atoms with Gasteiger partial charge in [0.05, 0.1) is 39.0 Å². The van der Waals surface area contributed by atoms with Gasteiger partial charge in [0, 0.05) is 43.6 Å². The van der Waals surface area contributed by atoms with Gasteiger partial charge in [0.25, 0.3) is 0 Å². The molecule has 0 atom stereocenters. The van der Waals surface area contributed by atoms with Crippen molar-refractivity contribution in [1.82, 2.24) is 4.90 Å². The summed E-state index contributed by atoms with van der Waals surface area (Å²) in [6.45, 7) is 3.21. The fourth-order valence-electron chi connectivity index (χ4n) is 3.55. The summed E-state index contributed by atoms with van der Waals surface area (Å²) in [4.78, 5) is 40.7. The molecule has 1 N–H and O–H groups in total. The third-order valence-electron chi connectivity index (χ3n) is 5.22. The van der Waals surface area contributed by atoms with Gasteiger partial charge in [0.2, 0.25) is 5.91 Å². The molecule has 9 nitrogen and oxygen atoms in total. The van der Waals surface area contributed by atoms with E-state index in [-0.39, 0.29) is 23.6 Å². The molecule has 0 aliphatic carbocycles. The molecule has 1 amide bonds. The van der Waals surface area contributed by atoms with Gasteiger partial charge in [-0.2, -0.15) is 0 Å².